The number of hydrogen-bond acceptors (Lipinski definition) is 4. The van der Waals surface area contributed by atoms with Crippen molar-refractivity contribution in [3.63, 3.8) is 0 Å². The van der Waals surface area contributed by atoms with E-state index in [-0.39, 0.29) is 23.8 Å². The van der Waals surface area contributed by atoms with E-state index in [9.17, 15) is 9.59 Å². The van der Waals surface area contributed by atoms with Crippen LogP contribution in [0.4, 0.5) is 0 Å². The summed E-state index contributed by atoms with van der Waals surface area (Å²) in [5, 5.41) is 15.7. The molecule has 1 aromatic heterocycles. The smallest absolute Gasteiger partial charge is 0.306 e. The molecule has 6 nitrogen and oxygen atoms in total. The molecule has 1 aromatic rings. The summed E-state index contributed by atoms with van der Waals surface area (Å²) in [6.45, 7) is 5.61. The summed E-state index contributed by atoms with van der Waals surface area (Å²) in [4.78, 5) is 23.2. The van der Waals surface area contributed by atoms with E-state index in [1.165, 1.54) is 0 Å². The van der Waals surface area contributed by atoms with Crippen LogP contribution in [0.15, 0.2) is 4.52 Å². The summed E-state index contributed by atoms with van der Waals surface area (Å²) >= 11 is 0. The molecule has 2 rings (SSSR count). The fraction of sp³-hybridized carbons (Fsp3) is 0.643. The summed E-state index contributed by atoms with van der Waals surface area (Å²) in [5.74, 6) is -0.706. The van der Waals surface area contributed by atoms with Gasteiger partial charge in [0.05, 0.1) is 11.6 Å². The highest BCUT2D eigenvalue weighted by Gasteiger charge is 2.32. The number of carbonyl (C=O) groups excluding carboxylic acids is 1. The van der Waals surface area contributed by atoms with Crippen molar-refractivity contribution in [2.45, 2.75) is 52.0 Å². The van der Waals surface area contributed by atoms with Crippen molar-refractivity contribution in [2.75, 3.05) is 0 Å². The van der Waals surface area contributed by atoms with Crippen LogP contribution in [-0.2, 0) is 4.79 Å². The minimum absolute atomic E-state index is 0.0762. The second kappa shape index (κ2) is 5.64. The molecule has 0 radical (unpaired) electrons. The van der Waals surface area contributed by atoms with Crippen LogP contribution in [0.1, 0.15) is 60.8 Å². The Balaban J connectivity index is 2.06. The third-order valence-electron chi connectivity index (χ3n) is 3.76. The summed E-state index contributed by atoms with van der Waals surface area (Å²) in [5.41, 5.74) is 1.05. The maximum Gasteiger partial charge on any atom is 0.306 e. The van der Waals surface area contributed by atoms with Gasteiger partial charge in [-0.1, -0.05) is 19.0 Å². The second-order valence-electron chi connectivity index (χ2n) is 5.68. The van der Waals surface area contributed by atoms with Crippen molar-refractivity contribution in [3.8, 4) is 0 Å². The third kappa shape index (κ3) is 2.84. The van der Waals surface area contributed by atoms with Crippen LogP contribution in [0.2, 0.25) is 0 Å². The van der Waals surface area contributed by atoms with Gasteiger partial charge in [-0.15, -0.1) is 0 Å². The van der Waals surface area contributed by atoms with E-state index >= 15 is 0 Å². The molecule has 1 fully saturated rings. The lowest BCUT2D eigenvalue weighted by Crippen LogP contribution is -2.34. The van der Waals surface area contributed by atoms with E-state index < -0.39 is 5.97 Å². The average molecular weight is 280 g/mol. The van der Waals surface area contributed by atoms with E-state index in [1.54, 1.807) is 6.92 Å². The van der Waals surface area contributed by atoms with Gasteiger partial charge in [0.1, 0.15) is 5.56 Å². The zero-order valence-corrected chi connectivity index (χ0v) is 12.0. The lowest BCUT2D eigenvalue weighted by atomic mass is 10.0. The number of carboxylic acid groups (broad SMARTS) is 1. The highest BCUT2D eigenvalue weighted by Crippen LogP contribution is 2.27. The van der Waals surface area contributed by atoms with Gasteiger partial charge in [-0.3, -0.25) is 9.59 Å². The molecule has 6 heteroatoms. The van der Waals surface area contributed by atoms with Crippen LogP contribution in [0.5, 0.6) is 0 Å². The Morgan fingerprint density at radius 1 is 1.40 bits per heavy atom. The van der Waals surface area contributed by atoms with Crippen LogP contribution in [0.25, 0.3) is 0 Å². The molecule has 2 unspecified atom stereocenters. The second-order valence-corrected chi connectivity index (χ2v) is 5.68. The van der Waals surface area contributed by atoms with Crippen molar-refractivity contribution in [3.05, 3.63) is 17.0 Å². The Morgan fingerprint density at radius 2 is 2.10 bits per heavy atom. The first-order chi connectivity index (χ1) is 9.40. The Kier molecular flexibility index (Phi) is 4.11. The number of carbonyl (C=O) groups is 2. The van der Waals surface area contributed by atoms with Crippen LogP contribution < -0.4 is 5.32 Å². The molecule has 2 N–H and O–H groups in total. The predicted molar refractivity (Wildman–Crippen MR) is 71.6 cm³/mol. The quantitative estimate of drug-likeness (QED) is 0.881. The maximum atomic E-state index is 12.3. The van der Waals surface area contributed by atoms with Gasteiger partial charge in [0, 0.05) is 12.0 Å². The van der Waals surface area contributed by atoms with Crippen LogP contribution in [0.3, 0.4) is 0 Å². The fourth-order valence-corrected chi connectivity index (χ4v) is 2.65. The molecule has 1 amide bonds. The van der Waals surface area contributed by atoms with Gasteiger partial charge in [0.15, 0.2) is 5.76 Å². The molecule has 1 saturated carbocycles. The normalized spacial score (nSPS) is 22.2. The third-order valence-corrected chi connectivity index (χ3v) is 3.76. The summed E-state index contributed by atoms with van der Waals surface area (Å²) in [6, 6.07) is -0.0853. The SMILES string of the molecule is Cc1noc(C(C)C)c1C(=O)NC1CCC(C(=O)O)C1. The van der Waals surface area contributed by atoms with Crippen LogP contribution >= 0.6 is 0 Å². The summed E-state index contributed by atoms with van der Waals surface area (Å²) in [6.07, 6.45) is 1.80. The molecular weight excluding hydrogens is 260 g/mol. The molecule has 1 aliphatic carbocycles. The van der Waals surface area contributed by atoms with E-state index in [1.807, 2.05) is 13.8 Å². The highest BCUT2D eigenvalue weighted by molar-refractivity contribution is 5.96. The summed E-state index contributed by atoms with van der Waals surface area (Å²) in [7, 11) is 0. The molecular formula is C14H20N2O4. The molecule has 1 aliphatic rings. The number of aromatic nitrogens is 1. The number of aryl methyl sites for hydroxylation is 1. The van der Waals surface area contributed by atoms with Gasteiger partial charge >= 0.3 is 5.97 Å². The Morgan fingerprint density at radius 3 is 2.65 bits per heavy atom. The monoisotopic (exact) mass is 280 g/mol. The molecule has 2 atom stereocenters. The maximum absolute atomic E-state index is 12.3. The lowest BCUT2D eigenvalue weighted by Gasteiger charge is -2.13. The standard InChI is InChI=1S/C14H20N2O4/c1-7(2)12-11(8(3)16-20-12)13(17)15-10-5-4-9(6-10)14(18)19/h7,9-10H,4-6H2,1-3H3,(H,15,17)(H,18,19). The van der Waals surface area contributed by atoms with E-state index in [4.69, 9.17) is 9.63 Å². The van der Waals surface area contributed by atoms with Gasteiger partial charge in [0.2, 0.25) is 0 Å². The van der Waals surface area contributed by atoms with Crippen LogP contribution in [-0.4, -0.2) is 28.2 Å². The molecule has 20 heavy (non-hydrogen) atoms. The molecule has 0 spiro atoms. The first-order valence-corrected chi connectivity index (χ1v) is 6.90. The minimum Gasteiger partial charge on any atom is -0.481 e. The van der Waals surface area contributed by atoms with E-state index in [0.29, 0.717) is 36.3 Å². The van der Waals surface area contributed by atoms with E-state index in [2.05, 4.69) is 10.5 Å². The molecule has 0 aromatic carbocycles. The Bertz CT molecular complexity index is 521. The largest absolute Gasteiger partial charge is 0.481 e. The molecule has 1 heterocycles. The number of hydrogen-bond donors (Lipinski definition) is 2. The number of rotatable bonds is 4. The van der Waals surface area contributed by atoms with Gasteiger partial charge < -0.3 is 14.9 Å². The van der Waals surface area contributed by atoms with Crippen molar-refractivity contribution >= 4 is 11.9 Å². The van der Waals surface area contributed by atoms with Gasteiger partial charge in [0.25, 0.3) is 5.91 Å². The number of nitrogens with zero attached hydrogens (tertiary/aromatic N) is 1. The number of nitrogens with one attached hydrogen (secondary N) is 1. The predicted octanol–water partition coefficient (Wildman–Crippen LogP) is 2.09. The first kappa shape index (κ1) is 14.6. The Hall–Kier alpha value is -1.85. The first-order valence-electron chi connectivity index (χ1n) is 6.90. The van der Waals surface area contributed by atoms with Gasteiger partial charge in [-0.05, 0) is 26.2 Å². The van der Waals surface area contributed by atoms with Crippen LogP contribution in [0, 0.1) is 12.8 Å². The van der Waals surface area contributed by atoms with Crippen molar-refractivity contribution in [1.82, 2.24) is 10.5 Å². The molecule has 0 bridgehead atoms. The molecule has 110 valence electrons. The molecule has 0 saturated heterocycles. The number of amides is 1. The number of carboxylic acids is 1. The zero-order valence-electron chi connectivity index (χ0n) is 12.0. The van der Waals surface area contributed by atoms with E-state index in [0.717, 1.165) is 0 Å². The van der Waals surface area contributed by atoms with Crippen molar-refractivity contribution < 1.29 is 19.2 Å². The minimum atomic E-state index is -0.786. The van der Waals surface area contributed by atoms with Crippen molar-refractivity contribution in [1.29, 1.82) is 0 Å². The highest BCUT2D eigenvalue weighted by atomic mass is 16.5. The number of aliphatic carboxylic acids is 1. The van der Waals surface area contributed by atoms with Gasteiger partial charge in [-0.25, -0.2) is 0 Å². The topological polar surface area (TPSA) is 92.4 Å². The molecule has 0 aliphatic heterocycles. The zero-order chi connectivity index (χ0) is 14.9. The van der Waals surface area contributed by atoms with Crippen molar-refractivity contribution in [2.24, 2.45) is 5.92 Å². The van der Waals surface area contributed by atoms with Gasteiger partial charge in [-0.2, -0.15) is 0 Å². The average Bonchev–Trinajstić information content (AvgIpc) is 2.95. The fourth-order valence-electron chi connectivity index (χ4n) is 2.65. The Labute approximate surface area is 117 Å². The summed E-state index contributed by atoms with van der Waals surface area (Å²) < 4.78 is 5.20. The lowest BCUT2D eigenvalue weighted by molar-refractivity contribution is -0.141.